The van der Waals surface area contributed by atoms with Gasteiger partial charge in [-0.3, -0.25) is 0 Å². The minimum absolute atomic E-state index is 0.0247. The highest BCUT2D eigenvalue weighted by molar-refractivity contribution is 5.29. The number of nitrogens with zero attached hydrogens (tertiary/aromatic N) is 3. The van der Waals surface area contributed by atoms with Crippen molar-refractivity contribution in [3.8, 4) is 0 Å². The first kappa shape index (κ1) is 14.7. The zero-order valence-electron chi connectivity index (χ0n) is 12.9. The molecule has 1 N–H and O–H groups in total. The standard InChI is InChI=1S/C16H23N3O/c1-11-6-12(2)8-13(7-11)14(20)9-19-10-15(17-18-19)16(3,4)5/h6-8,10,14,20H,9H2,1-5H3. The summed E-state index contributed by atoms with van der Waals surface area (Å²) >= 11 is 0. The number of aliphatic hydroxyl groups excluding tert-OH is 1. The van der Waals surface area contributed by atoms with Crippen LogP contribution in [0.15, 0.2) is 24.4 Å². The maximum atomic E-state index is 10.3. The SMILES string of the molecule is Cc1cc(C)cc(C(O)Cn2cc(C(C)(C)C)nn2)c1. The Kier molecular flexibility index (Phi) is 3.95. The first-order valence-electron chi connectivity index (χ1n) is 6.92. The molecule has 0 spiro atoms. The van der Waals surface area contributed by atoms with Crippen LogP contribution >= 0.6 is 0 Å². The van der Waals surface area contributed by atoms with Crippen LogP contribution < -0.4 is 0 Å². The number of hydrogen-bond donors (Lipinski definition) is 1. The Morgan fingerprint density at radius 2 is 1.75 bits per heavy atom. The number of aromatic nitrogens is 3. The third-order valence-corrected chi connectivity index (χ3v) is 3.30. The van der Waals surface area contributed by atoms with E-state index in [9.17, 15) is 5.11 Å². The molecule has 0 bridgehead atoms. The summed E-state index contributed by atoms with van der Waals surface area (Å²) in [5, 5.41) is 18.6. The smallest absolute Gasteiger partial charge is 0.0986 e. The molecule has 1 aromatic carbocycles. The van der Waals surface area contributed by atoms with Crippen LogP contribution in [0, 0.1) is 13.8 Å². The van der Waals surface area contributed by atoms with Crippen molar-refractivity contribution in [3.05, 3.63) is 46.8 Å². The van der Waals surface area contributed by atoms with E-state index in [2.05, 4.69) is 37.1 Å². The monoisotopic (exact) mass is 273 g/mol. The van der Waals surface area contributed by atoms with E-state index in [1.54, 1.807) is 4.68 Å². The summed E-state index contributed by atoms with van der Waals surface area (Å²) in [6.07, 6.45) is 1.34. The molecule has 4 nitrogen and oxygen atoms in total. The molecule has 0 aliphatic rings. The molecule has 1 heterocycles. The van der Waals surface area contributed by atoms with Crippen LogP contribution in [0.2, 0.25) is 0 Å². The van der Waals surface area contributed by atoms with Crippen LogP contribution in [-0.2, 0) is 12.0 Å². The lowest BCUT2D eigenvalue weighted by Crippen LogP contribution is -2.12. The molecule has 0 aliphatic heterocycles. The normalized spacial score (nSPS) is 13.5. The molecule has 0 saturated carbocycles. The van der Waals surface area contributed by atoms with Crippen molar-refractivity contribution >= 4 is 0 Å². The van der Waals surface area contributed by atoms with E-state index in [1.165, 1.54) is 0 Å². The molecule has 1 atom stereocenters. The molecule has 108 valence electrons. The lowest BCUT2D eigenvalue weighted by Gasteiger charge is -2.14. The number of hydrogen-bond acceptors (Lipinski definition) is 3. The van der Waals surface area contributed by atoms with Gasteiger partial charge in [0, 0.05) is 11.6 Å². The number of benzene rings is 1. The zero-order valence-corrected chi connectivity index (χ0v) is 12.9. The van der Waals surface area contributed by atoms with Gasteiger partial charge in [0.25, 0.3) is 0 Å². The third kappa shape index (κ3) is 3.45. The molecule has 0 amide bonds. The predicted molar refractivity (Wildman–Crippen MR) is 79.6 cm³/mol. The van der Waals surface area contributed by atoms with E-state index in [0.717, 1.165) is 22.4 Å². The summed E-state index contributed by atoms with van der Waals surface area (Å²) in [6.45, 7) is 10.8. The predicted octanol–water partition coefficient (Wildman–Crippen LogP) is 2.93. The van der Waals surface area contributed by atoms with Gasteiger partial charge in [-0.1, -0.05) is 55.3 Å². The molecule has 1 unspecified atom stereocenters. The van der Waals surface area contributed by atoms with Crippen LogP contribution in [0.3, 0.4) is 0 Å². The van der Waals surface area contributed by atoms with Gasteiger partial charge >= 0.3 is 0 Å². The molecule has 0 radical (unpaired) electrons. The largest absolute Gasteiger partial charge is 0.386 e. The van der Waals surface area contributed by atoms with E-state index in [4.69, 9.17) is 0 Å². The van der Waals surface area contributed by atoms with Crippen LogP contribution in [0.25, 0.3) is 0 Å². The number of aliphatic hydroxyl groups is 1. The van der Waals surface area contributed by atoms with E-state index >= 15 is 0 Å². The zero-order chi connectivity index (χ0) is 14.9. The quantitative estimate of drug-likeness (QED) is 0.935. The molecule has 0 saturated heterocycles. The van der Waals surface area contributed by atoms with Crippen molar-refractivity contribution in [3.63, 3.8) is 0 Å². The second-order valence-electron chi connectivity index (χ2n) is 6.51. The maximum Gasteiger partial charge on any atom is 0.0986 e. The van der Waals surface area contributed by atoms with Gasteiger partial charge in [-0.2, -0.15) is 0 Å². The minimum Gasteiger partial charge on any atom is -0.386 e. The average Bonchev–Trinajstić information content (AvgIpc) is 2.75. The fourth-order valence-corrected chi connectivity index (χ4v) is 2.22. The molecule has 0 fully saturated rings. The van der Waals surface area contributed by atoms with Gasteiger partial charge in [0.05, 0.1) is 18.3 Å². The van der Waals surface area contributed by atoms with Gasteiger partial charge in [-0.25, -0.2) is 4.68 Å². The summed E-state index contributed by atoms with van der Waals surface area (Å²) < 4.78 is 1.71. The summed E-state index contributed by atoms with van der Waals surface area (Å²) in [5.74, 6) is 0. The highest BCUT2D eigenvalue weighted by Crippen LogP contribution is 2.21. The van der Waals surface area contributed by atoms with Crippen LogP contribution in [0.1, 0.15) is 49.3 Å². The average molecular weight is 273 g/mol. The van der Waals surface area contributed by atoms with Gasteiger partial charge in [0.1, 0.15) is 0 Å². The van der Waals surface area contributed by atoms with Crippen molar-refractivity contribution < 1.29 is 5.11 Å². The van der Waals surface area contributed by atoms with E-state index in [0.29, 0.717) is 6.54 Å². The Hall–Kier alpha value is -1.68. The van der Waals surface area contributed by atoms with Gasteiger partial charge in [0.15, 0.2) is 0 Å². The summed E-state index contributed by atoms with van der Waals surface area (Å²) in [7, 11) is 0. The Labute approximate surface area is 120 Å². The minimum atomic E-state index is -0.567. The summed E-state index contributed by atoms with van der Waals surface area (Å²) in [4.78, 5) is 0. The van der Waals surface area contributed by atoms with Crippen molar-refractivity contribution in [2.24, 2.45) is 0 Å². The fraction of sp³-hybridized carbons (Fsp3) is 0.500. The van der Waals surface area contributed by atoms with Gasteiger partial charge in [-0.15, -0.1) is 5.10 Å². The van der Waals surface area contributed by atoms with E-state index in [1.807, 2.05) is 32.2 Å². The number of rotatable bonds is 3. The lowest BCUT2D eigenvalue weighted by molar-refractivity contribution is 0.150. The van der Waals surface area contributed by atoms with Crippen LogP contribution in [-0.4, -0.2) is 20.1 Å². The van der Waals surface area contributed by atoms with Gasteiger partial charge < -0.3 is 5.11 Å². The molecule has 4 heteroatoms. The van der Waals surface area contributed by atoms with Gasteiger partial charge in [-0.05, 0) is 19.4 Å². The Balaban J connectivity index is 2.15. The van der Waals surface area contributed by atoms with E-state index < -0.39 is 6.10 Å². The van der Waals surface area contributed by atoms with Crippen molar-refractivity contribution in [2.45, 2.75) is 52.7 Å². The Bertz CT molecular complexity index is 576. The molecular formula is C16H23N3O. The second kappa shape index (κ2) is 5.37. The van der Waals surface area contributed by atoms with Crippen molar-refractivity contribution in [1.82, 2.24) is 15.0 Å². The Morgan fingerprint density at radius 3 is 2.25 bits per heavy atom. The molecular weight excluding hydrogens is 250 g/mol. The Morgan fingerprint density at radius 1 is 1.15 bits per heavy atom. The summed E-state index contributed by atoms with van der Waals surface area (Å²) in [5.41, 5.74) is 4.16. The lowest BCUT2D eigenvalue weighted by atomic mass is 9.93. The molecule has 2 aromatic rings. The maximum absolute atomic E-state index is 10.3. The molecule has 2 rings (SSSR count). The second-order valence-corrected chi connectivity index (χ2v) is 6.51. The molecule has 0 aliphatic carbocycles. The molecule has 20 heavy (non-hydrogen) atoms. The molecule has 1 aromatic heterocycles. The first-order chi connectivity index (χ1) is 9.25. The topological polar surface area (TPSA) is 50.9 Å². The third-order valence-electron chi connectivity index (χ3n) is 3.30. The fourth-order valence-electron chi connectivity index (χ4n) is 2.22. The highest BCUT2D eigenvalue weighted by atomic mass is 16.3. The van der Waals surface area contributed by atoms with E-state index in [-0.39, 0.29) is 5.41 Å². The number of aryl methyl sites for hydroxylation is 2. The first-order valence-corrected chi connectivity index (χ1v) is 6.92. The van der Waals surface area contributed by atoms with Crippen LogP contribution in [0.5, 0.6) is 0 Å². The van der Waals surface area contributed by atoms with Crippen LogP contribution in [0.4, 0.5) is 0 Å². The highest BCUT2D eigenvalue weighted by Gasteiger charge is 2.19. The summed E-state index contributed by atoms with van der Waals surface area (Å²) in [6, 6.07) is 6.13. The van der Waals surface area contributed by atoms with Gasteiger partial charge in [0.2, 0.25) is 0 Å². The van der Waals surface area contributed by atoms with Crippen molar-refractivity contribution in [2.75, 3.05) is 0 Å². The van der Waals surface area contributed by atoms with Crippen molar-refractivity contribution in [1.29, 1.82) is 0 Å².